The molecular formula is C26H23ClN2O2. The summed E-state index contributed by atoms with van der Waals surface area (Å²) in [6.45, 7) is 1.82. The first-order valence-corrected chi connectivity index (χ1v) is 10.5. The molecule has 0 radical (unpaired) electrons. The number of benzodiazepines with no additional fused rings is 1. The van der Waals surface area contributed by atoms with Crippen LogP contribution in [0.1, 0.15) is 23.6 Å². The van der Waals surface area contributed by atoms with E-state index in [0.29, 0.717) is 22.0 Å². The lowest BCUT2D eigenvalue weighted by Gasteiger charge is -2.24. The minimum absolute atomic E-state index is 0.275. The monoisotopic (exact) mass is 430 g/mol. The predicted octanol–water partition coefficient (Wildman–Crippen LogP) is 4.99. The molecule has 0 spiro atoms. The van der Waals surface area contributed by atoms with Crippen LogP contribution in [0.2, 0.25) is 5.02 Å². The molecule has 0 bridgehead atoms. The van der Waals surface area contributed by atoms with Crippen LogP contribution in [0.25, 0.3) is 6.08 Å². The molecule has 2 atom stereocenters. The minimum Gasteiger partial charge on any atom is -0.386 e. The number of carbonyl (C=O) groups is 1. The SMILES string of the molecule is C/C(=C\c1ccccc1)[C@H](O)[C@H]1N=C(c2ccccc2)c2cc(Cl)ccc2N(C)C1=O. The molecule has 31 heavy (non-hydrogen) atoms. The van der Waals surface area contributed by atoms with E-state index >= 15 is 0 Å². The van der Waals surface area contributed by atoms with Gasteiger partial charge in [0.2, 0.25) is 0 Å². The van der Waals surface area contributed by atoms with E-state index in [1.165, 1.54) is 0 Å². The number of aliphatic hydroxyl groups is 1. The predicted molar refractivity (Wildman–Crippen MR) is 127 cm³/mol. The summed E-state index contributed by atoms with van der Waals surface area (Å²) in [6.07, 6.45) is 0.809. The number of hydrogen-bond donors (Lipinski definition) is 1. The standard InChI is InChI=1S/C26H23ClN2O2/c1-17(15-18-9-5-3-6-10-18)25(30)24-26(31)29(2)22-14-13-20(27)16-21(22)23(28-24)19-11-7-4-8-12-19/h3-16,24-25,30H,1-2H3/b17-15+/t24-,25+/m1/s1. The average molecular weight is 431 g/mol. The second-order valence-electron chi connectivity index (χ2n) is 7.59. The number of amides is 1. The number of benzene rings is 3. The number of anilines is 1. The summed E-state index contributed by atoms with van der Waals surface area (Å²) in [5.74, 6) is -0.275. The van der Waals surface area contributed by atoms with Crippen molar-refractivity contribution in [2.75, 3.05) is 11.9 Å². The highest BCUT2D eigenvalue weighted by atomic mass is 35.5. The second-order valence-corrected chi connectivity index (χ2v) is 8.03. The first-order valence-electron chi connectivity index (χ1n) is 10.1. The summed E-state index contributed by atoms with van der Waals surface area (Å²) < 4.78 is 0. The summed E-state index contributed by atoms with van der Waals surface area (Å²) in [6, 6.07) is 23.8. The lowest BCUT2D eigenvalue weighted by atomic mass is 9.99. The Balaban J connectivity index is 1.84. The molecule has 5 heteroatoms. The molecule has 1 aliphatic rings. The lowest BCUT2D eigenvalue weighted by molar-refractivity contribution is -0.121. The molecule has 4 rings (SSSR count). The van der Waals surface area contributed by atoms with Crippen LogP contribution in [0.5, 0.6) is 0 Å². The highest BCUT2D eigenvalue weighted by molar-refractivity contribution is 6.32. The minimum atomic E-state index is -1.07. The van der Waals surface area contributed by atoms with Crippen LogP contribution >= 0.6 is 11.6 Å². The molecule has 1 aliphatic heterocycles. The van der Waals surface area contributed by atoms with Gasteiger partial charge in [-0.05, 0) is 36.3 Å². The second kappa shape index (κ2) is 8.88. The molecule has 1 amide bonds. The van der Waals surface area contributed by atoms with Crippen LogP contribution in [-0.4, -0.2) is 35.9 Å². The number of fused-ring (bicyclic) bond motifs is 1. The number of rotatable bonds is 4. The molecule has 1 N–H and O–H groups in total. The Labute approximate surface area is 187 Å². The Kier molecular flexibility index (Phi) is 6.03. The molecule has 0 saturated heterocycles. The highest BCUT2D eigenvalue weighted by Crippen LogP contribution is 2.31. The quantitative estimate of drug-likeness (QED) is 0.634. The van der Waals surface area contributed by atoms with E-state index < -0.39 is 12.1 Å². The van der Waals surface area contributed by atoms with E-state index in [-0.39, 0.29) is 5.91 Å². The number of nitrogens with zero attached hydrogens (tertiary/aromatic N) is 2. The topological polar surface area (TPSA) is 52.9 Å². The first kappa shape index (κ1) is 21.0. The van der Waals surface area contributed by atoms with Gasteiger partial charge in [-0.25, -0.2) is 0 Å². The zero-order valence-corrected chi connectivity index (χ0v) is 18.1. The summed E-state index contributed by atoms with van der Waals surface area (Å²) in [5, 5.41) is 11.7. The molecule has 0 aromatic heterocycles. The van der Waals surface area contributed by atoms with Crippen molar-refractivity contribution in [2.24, 2.45) is 4.99 Å². The normalized spacial score (nSPS) is 17.6. The van der Waals surface area contributed by atoms with Crippen molar-refractivity contribution >= 4 is 35.0 Å². The molecule has 3 aromatic rings. The third-order valence-electron chi connectivity index (χ3n) is 5.43. The molecule has 0 saturated carbocycles. The Hall–Kier alpha value is -3.21. The van der Waals surface area contributed by atoms with E-state index in [1.54, 1.807) is 18.0 Å². The molecule has 0 unspecified atom stereocenters. The third kappa shape index (κ3) is 4.31. The van der Waals surface area contributed by atoms with Gasteiger partial charge in [0.25, 0.3) is 5.91 Å². The third-order valence-corrected chi connectivity index (χ3v) is 5.67. The number of likely N-dealkylation sites (N-methyl/N-ethyl adjacent to an activating group) is 1. The average Bonchev–Trinajstić information content (AvgIpc) is 2.89. The number of carbonyl (C=O) groups excluding carboxylic acids is 1. The van der Waals surface area contributed by atoms with Crippen LogP contribution in [0.3, 0.4) is 0 Å². The van der Waals surface area contributed by atoms with Crippen LogP contribution in [0.4, 0.5) is 5.69 Å². The highest BCUT2D eigenvalue weighted by Gasteiger charge is 2.35. The van der Waals surface area contributed by atoms with Crippen molar-refractivity contribution in [2.45, 2.75) is 19.1 Å². The zero-order valence-electron chi connectivity index (χ0n) is 17.4. The fourth-order valence-electron chi connectivity index (χ4n) is 3.75. The van der Waals surface area contributed by atoms with Gasteiger partial charge in [0.15, 0.2) is 6.04 Å². The number of hydrogen-bond acceptors (Lipinski definition) is 3. The summed E-state index contributed by atoms with van der Waals surface area (Å²) in [4.78, 5) is 19.7. The van der Waals surface area contributed by atoms with Crippen molar-refractivity contribution in [1.82, 2.24) is 0 Å². The molecule has 0 fully saturated rings. The molecule has 4 nitrogen and oxygen atoms in total. The van der Waals surface area contributed by atoms with Gasteiger partial charge in [-0.3, -0.25) is 9.79 Å². The summed E-state index contributed by atoms with van der Waals surface area (Å²) >= 11 is 6.29. The van der Waals surface area contributed by atoms with Crippen LogP contribution in [-0.2, 0) is 4.79 Å². The van der Waals surface area contributed by atoms with Crippen LogP contribution in [0, 0.1) is 0 Å². The van der Waals surface area contributed by atoms with Crippen molar-refractivity contribution in [3.63, 3.8) is 0 Å². The van der Waals surface area contributed by atoms with Gasteiger partial charge in [-0.15, -0.1) is 0 Å². The molecular weight excluding hydrogens is 408 g/mol. The maximum Gasteiger partial charge on any atom is 0.254 e. The number of halogens is 1. The summed E-state index contributed by atoms with van der Waals surface area (Å²) in [5.41, 5.74) is 4.57. The zero-order chi connectivity index (χ0) is 22.0. The first-order chi connectivity index (χ1) is 15.0. The van der Waals surface area contributed by atoms with Gasteiger partial charge in [-0.2, -0.15) is 0 Å². The van der Waals surface area contributed by atoms with Gasteiger partial charge in [0, 0.05) is 23.2 Å². The van der Waals surface area contributed by atoms with Crippen molar-refractivity contribution in [3.8, 4) is 0 Å². The van der Waals surface area contributed by atoms with Gasteiger partial charge in [0.1, 0.15) is 6.10 Å². The van der Waals surface area contributed by atoms with Crippen molar-refractivity contribution < 1.29 is 9.90 Å². The van der Waals surface area contributed by atoms with Gasteiger partial charge >= 0.3 is 0 Å². The largest absolute Gasteiger partial charge is 0.386 e. The maximum atomic E-state index is 13.4. The Morgan fingerprint density at radius 2 is 1.71 bits per heavy atom. The molecule has 156 valence electrons. The number of aliphatic imine (C=N–C) groups is 1. The van der Waals surface area contributed by atoms with E-state index in [0.717, 1.165) is 16.7 Å². The van der Waals surface area contributed by atoms with E-state index in [4.69, 9.17) is 16.6 Å². The Morgan fingerprint density at radius 1 is 1.06 bits per heavy atom. The Morgan fingerprint density at radius 3 is 2.39 bits per heavy atom. The van der Waals surface area contributed by atoms with Crippen LogP contribution < -0.4 is 4.90 Å². The van der Waals surface area contributed by atoms with Gasteiger partial charge < -0.3 is 10.0 Å². The van der Waals surface area contributed by atoms with E-state index in [2.05, 4.69) is 0 Å². The van der Waals surface area contributed by atoms with Gasteiger partial charge in [-0.1, -0.05) is 78.3 Å². The maximum absolute atomic E-state index is 13.4. The molecule has 1 heterocycles. The smallest absolute Gasteiger partial charge is 0.254 e. The Bertz CT molecular complexity index is 1160. The lowest BCUT2D eigenvalue weighted by Crippen LogP contribution is -2.42. The van der Waals surface area contributed by atoms with E-state index in [1.807, 2.05) is 85.8 Å². The molecule has 0 aliphatic carbocycles. The van der Waals surface area contributed by atoms with Crippen LogP contribution in [0.15, 0.2) is 89.4 Å². The fourth-order valence-corrected chi connectivity index (χ4v) is 3.92. The summed E-state index contributed by atoms with van der Waals surface area (Å²) in [7, 11) is 1.70. The number of aliphatic hydroxyl groups excluding tert-OH is 1. The van der Waals surface area contributed by atoms with Crippen molar-refractivity contribution in [1.29, 1.82) is 0 Å². The molecule has 3 aromatic carbocycles. The fraction of sp³-hybridized carbons (Fsp3) is 0.154. The van der Waals surface area contributed by atoms with Gasteiger partial charge in [0.05, 0.1) is 11.4 Å². The van der Waals surface area contributed by atoms with Crippen molar-refractivity contribution in [3.05, 3.63) is 106 Å². The van der Waals surface area contributed by atoms with E-state index in [9.17, 15) is 9.90 Å².